The van der Waals surface area contributed by atoms with Gasteiger partial charge in [-0.15, -0.1) is 0 Å². The zero-order chi connectivity index (χ0) is 28.7. The number of carbonyl (C=O) groups is 3. The molecular weight excluding hydrogens is 466 g/mol. The number of hydrogen-bond acceptors (Lipinski definition) is 5. The Hall–Kier alpha value is -2.67. The standard InChI is InChI=1S/C30H49N3O4/c1-13-37-28(36)21(5)18-23(19(2)3)33(25(26(34)32-12)29(6,7)8)27(35)24(31-11)30(9,10)22-16-14-15-20(4)17-22/h14-19,23-25,31H,13H2,1-12H3,(H,32,34)/b21-18+/t23-,24+,25-/m1/s1. The average molecular weight is 516 g/mol. The topological polar surface area (TPSA) is 87.7 Å². The van der Waals surface area contributed by atoms with Gasteiger partial charge in [0.2, 0.25) is 11.8 Å². The molecule has 0 saturated carbocycles. The fourth-order valence-electron chi connectivity index (χ4n) is 4.84. The van der Waals surface area contributed by atoms with Crippen molar-refractivity contribution in [2.45, 2.75) is 92.8 Å². The summed E-state index contributed by atoms with van der Waals surface area (Å²) in [5, 5.41) is 6.03. The van der Waals surface area contributed by atoms with E-state index in [4.69, 9.17) is 4.74 Å². The van der Waals surface area contributed by atoms with Gasteiger partial charge in [0, 0.05) is 18.0 Å². The van der Waals surface area contributed by atoms with E-state index in [1.807, 2.05) is 73.6 Å². The van der Waals surface area contributed by atoms with Crippen molar-refractivity contribution in [3.8, 4) is 0 Å². The van der Waals surface area contributed by atoms with Crippen molar-refractivity contribution in [3.05, 3.63) is 47.0 Å². The molecule has 0 spiro atoms. The molecule has 7 heteroatoms. The number of nitrogens with zero attached hydrogens (tertiary/aromatic N) is 1. The third-order valence-corrected chi connectivity index (χ3v) is 6.89. The molecule has 0 saturated heterocycles. The van der Waals surface area contributed by atoms with Gasteiger partial charge in [-0.05, 0) is 44.7 Å². The van der Waals surface area contributed by atoms with Crippen molar-refractivity contribution in [2.75, 3.05) is 20.7 Å². The number of ether oxygens (including phenoxy) is 1. The summed E-state index contributed by atoms with van der Waals surface area (Å²) < 4.78 is 5.21. The third-order valence-electron chi connectivity index (χ3n) is 6.89. The van der Waals surface area contributed by atoms with Gasteiger partial charge in [-0.3, -0.25) is 9.59 Å². The number of amides is 2. The number of benzene rings is 1. The van der Waals surface area contributed by atoms with E-state index in [0.29, 0.717) is 5.57 Å². The van der Waals surface area contributed by atoms with Crippen LogP contribution in [0.3, 0.4) is 0 Å². The van der Waals surface area contributed by atoms with Crippen LogP contribution in [0.5, 0.6) is 0 Å². The molecule has 1 aromatic rings. The first-order chi connectivity index (χ1) is 17.0. The maximum Gasteiger partial charge on any atom is 0.333 e. The van der Waals surface area contributed by atoms with Crippen LogP contribution in [0.4, 0.5) is 0 Å². The van der Waals surface area contributed by atoms with Crippen LogP contribution in [0.1, 0.15) is 73.4 Å². The van der Waals surface area contributed by atoms with Crippen molar-refractivity contribution in [2.24, 2.45) is 11.3 Å². The van der Waals surface area contributed by atoms with Crippen LogP contribution in [0.25, 0.3) is 0 Å². The summed E-state index contributed by atoms with van der Waals surface area (Å²) in [5.41, 5.74) is 1.35. The Bertz CT molecular complexity index is 975. The lowest BCUT2D eigenvalue weighted by Crippen LogP contribution is -2.65. The average Bonchev–Trinajstić information content (AvgIpc) is 2.79. The fraction of sp³-hybridized carbons (Fsp3) is 0.633. The molecule has 2 amide bonds. The van der Waals surface area contributed by atoms with Crippen molar-refractivity contribution in [3.63, 3.8) is 0 Å². The van der Waals surface area contributed by atoms with E-state index in [1.54, 1.807) is 38.9 Å². The molecule has 37 heavy (non-hydrogen) atoms. The molecule has 1 rings (SSSR count). The number of carbonyl (C=O) groups excluding carboxylic acids is 3. The highest BCUT2D eigenvalue weighted by Gasteiger charge is 2.47. The van der Waals surface area contributed by atoms with Gasteiger partial charge in [0.1, 0.15) is 6.04 Å². The van der Waals surface area contributed by atoms with Gasteiger partial charge in [0.25, 0.3) is 0 Å². The number of aryl methyl sites for hydroxylation is 1. The second-order valence-corrected chi connectivity index (χ2v) is 11.7. The first-order valence-corrected chi connectivity index (χ1v) is 13.2. The van der Waals surface area contributed by atoms with Gasteiger partial charge in [-0.2, -0.15) is 0 Å². The quantitative estimate of drug-likeness (QED) is 0.337. The minimum absolute atomic E-state index is 0.0811. The third kappa shape index (κ3) is 7.91. The Morgan fingerprint density at radius 1 is 1.08 bits per heavy atom. The summed E-state index contributed by atoms with van der Waals surface area (Å²) >= 11 is 0. The van der Waals surface area contributed by atoms with Crippen molar-refractivity contribution < 1.29 is 19.1 Å². The molecule has 0 bridgehead atoms. The molecule has 0 fully saturated rings. The van der Waals surface area contributed by atoms with Crippen molar-refractivity contribution in [1.29, 1.82) is 0 Å². The number of hydrogen-bond donors (Lipinski definition) is 2. The fourth-order valence-corrected chi connectivity index (χ4v) is 4.84. The second-order valence-electron chi connectivity index (χ2n) is 11.7. The SMILES string of the molecule is CCOC(=O)/C(C)=C/[C@H](C(C)C)N(C(=O)[C@H](NC)C(C)(C)c1cccc(C)c1)[C@H](C(=O)NC)C(C)(C)C. The van der Waals surface area contributed by atoms with Gasteiger partial charge < -0.3 is 20.3 Å². The zero-order valence-electron chi connectivity index (χ0n) is 25.0. The highest BCUT2D eigenvalue weighted by atomic mass is 16.5. The van der Waals surface area contributed by atoms with Crippen LogP contribution in [0, 0.1) is 18.3 Å². The van der Waals surface area contributed by atoms with Gasteiger partial charge in [-0.1, -0.05) is 84.4 Å². The second kappa shape index (κ2) is 13.2. The molecule has 2 N–H and O–H groups in total. The van der Waals surface area contributed by atoms with E-state index >= 15 is 0 Å². The minimum atomic E-state index is -0.784. The normalized spacial score (nSPS) is 15.1. The first kappa shape index (κ1) is 32.4. The lowest BCUT2D eigenvalue weighted by atomic mass is 9.75. The van der Waals surface area contributed by atoms with E-state index < -0.39 is 34.9 Å². The largest absolute Gasteiger partial charge is 0.463 e. The highest BCUT2D eigenvalue weighted by Crippen LogP contribution is 2.34. The number of esters is 1. The van der Waals surface area contributed by atoms with Crippen LogP contribution in [-0.4, -0.2) is 61.5 Å². The van der Waals surface area contributed by atoms with E-state index in [-0.39, 0.29) is 24.3 Å². The van der Waals surface area contributed by atoms with E-state index in [2.05, 4.69) is 16.7 Å². The molecule has 0 aliphatic carbocycles. The Balaban J connectivity index is 3.87. The number of likely N-dealkylation sites (N-methyl/N-ethyl adjacent to an activating group) is 2. The first-order valence-electron chi connectivity index (χ1n) is 13.2. The van der Waals surface area contributed by atoms with E-state index in [0.717, 1.165) is 11.1 Å². The molecule has 3 atom stereocenters. The summed E-state index contributed by atoms with van der Waals surface area (Å²) in [6.45, 7) is 19.6. The van der Waals surface area contributed by atoms with Gasteiger partial charge >= 0.3 is 5.97 Å². The van der Waals surface area contributed by atoms with Crippen molar-refractivity contribution >= 4 is 17.8 Å². The lowest BCUT2D eigenvalue weighted by Gasteiger charge is -2.47. The lowest BCUT2D eigenvalue weighted by molar-refractivity contribution is -0.150. The molecular formula is C30H49N3O4. The monoisotopic (exact) mass is 515 g/mol. The predicted octanol–water partition coefficient (Wildman–Crippen LogP) is 4.38. The highest BCUT2D eigenvalue weighted by molar-refractivity contribution is 5.92. The summed E-state index contributed by atoms with van der Waals surface area (Å²) in [6.07, 6.45) is 1.77. The molecule has 0 heterocycles. The molecule has 208 valence electrons. The number of rotatable bonds is 11. The Labute approximate surface area is 224 Å². The molecule has 0 unspecified atom stereocenters. The minimum Gasteiger partial charge on any atom is -0.463 e. The zero-order valence-corrected chi connectivity index (χ0v) is 25.0. The van der Waals surface area contributed by atoms with E-state index in [9.17, 15) is 14.4 Å². The van der Waals surface area contributed by atoms with Gasteiger partial charge in [0.05, 0.1) is 18.7 Å². The summed E-state index contributed by atoms with van der Waals surface area (Å²) in [7, 11) is 3.36. The van der Waals surface area contributed by atoms with Crippen LogP contribution in [0.2, 0.25) is 0 Å². The predicted molar refractivity (Wildman–Crippen MR) is 150 cm³/mol. The van der Waals surface area contributed by atoms with E-state index in [1.165, 1.54) is 0 Å². The maximum absolute atomic E-state index is 14.6. The molecule has 0 aliphatic heterocycles. The van der Waals surface area contributed by atoms with Crippen molar-refractivity contribution in [1.82, 2.24) is 15.5 Å². The molecule has 0 radical (unpaired) electrons. The maximum atomic E-state index is 14.6. The molecule has 0 aromatic heterocycles. The van der Waals surface area contributed by atoms with Crippen LogP contribution in [-0.2, 0) is 24.5 Å². The van der Waals surface area contributed by atoms with Crippen LogP contribution < -0.4 is 10.6 Å². The Morgan fingerprint density at radius 3 is 2.11 bits per heavy atom. The Kier molecular flexibility index (Phi) is 11.6. The molecule has 7 nitrogen and oxygen atoms in total. The molecule has 0 aliphatic rings. The summed E-state index contributed by atoms with van der Waals surface area (Å²) in [4.78, 5) is 42.3. The smallest absolute Gasteiger partial charge is 0.333 e. The number of nitrogens with one attached hydrogen (secondary N) is 2. The van der Waals surface area contributed by atoms with Gasteiger partial charge in [-0.25, -0.2) is 4.79 Å². The summed E-state index contributed by atoms with van der Waals surface area (Å²) in [5.74, 6) is -0.971. The van der Waals surface area contributed by atoms with Gasteiger partial charge in [0.15, 0.2) is 0 Å². The molecule has 1 aromatic carbocycles. The van der Waals surface area contributed by atoms with Crippen LogP contribution in [0.15, 0.2) is 35.9 Å². The van der Waals surface area contributed by atoms with Crippen LogP contribution >= 0.6 is 0 Å². The Morgan fingerprint density at radius 2 is 1.68 bits per heavy atom. The summed E-state index contributed by atoms with van der Waals surface area (Å²) in [6, 6.07) is 6.19.